The molecule has 0 saturated heterocycles. The molecule has 0 bridgehead atoms. The number of carbonyl (C=O) groups is 1. The van der Waals surface area contributed by atoms with Crippen molar-refractivity contribution in [2.45, 2.75) is 25.4 Å². The molecular formula is C20H16ClF3N8O4. The van der Waals surface area contributed by atoms with E-state index in [1.807, 2.05) is 0 Å². The molecule has 12 nitrogen and oxygen atoms in total. The van der Waals surface area contributed by atoms with Gasteiger partial charge in [-0.25, -0.2) is 28.9 Å². The number of benzene rings is 1. The molecule has 0 saturated carbocycles. The van der Waals surface area contributed by atoms with E-state index in [9.17, 15) is 27.9 Å². The van der Waals surface area contributed by atoms with E-state index in [0.29, 0.717) is 15.2 Å². The maximum absolute atomic E-state index is 13.0. The van der Waals surface area contributed by atoms with Crippen LogP contribution < -0.4 is 11.0 Å². The topological polar surface area (TPSA) is 153 Å². The molecule has 188 valence electrons. The molecule has 1 aromatic carbocycles. The van der Waals surface area contributed by atoms with Gasteiger partial charge < -0.3 is 10.2 Å². The smallest absolute Gasteiger partial charge is 0.416 e. The Morgan fingerprint density at radius 1 is 1.14 bits per heavy atom. The van der Waals surface area contributed by atoms with Crippen molar-refractivity contribution in [3.05, 3.63) is 70.3 Å². The van der Waals surface area contributed by atoms with E-state index < -0.39 is 30.6 Å². The summed E-state index contributed by atoms with van der Waals surface area (Å²) in [6, 6.07) is 8.85. The highest BCUT2D eigenvalue weighted by atomic mass is 35.5. The minimum absolute atomic E-state index is 0.0349. The molecule has 3 aromatic heterocycles. The van der Waals surface area contributed by atoms with Crippen LogP contribution in [0, 0.1) is 0 Å². The lowest BCUT2D eigenvalue weighted by Gasteiger charge is -2.15. The first-order valence-electron chi connectivity index (χ1n) is 10.1. The van der Waals surface area contributed by atoms with Gasteiger partial charge in [0.25, 0.3) is 0 Å². The van der Waals surface area contributed by atoms with E-state index in [-0.39, 0.29) is 29.7 Å². The molecule has 4 aromatic rings. The Morgan fingerprint density at radius 2 is 1.86 bits per heavy atom. The first kappa shape index (κ1) is 24.9. The summed E-state index contributed by atoms with van der Waals surface area (Å²) in [6.07, 6.45) is -6.46. The van der Waals surface area contributed by atoms with Gasteiger partial charge in [-0.1, -0.05) is 11.6 Å². The average Bonchev–Trinajstić information content (AvgIpc) is 3.39. The van der Waals surface area contributed by atoms with Gasteiger partial charge in [0.1, 0.15) is 12.9 Å². The van der Waals surface area contributed by atoms with Crippen molar-refractivity contribution in [2.24, 2.45) is 0 Å². The molecule has 1 unspecified atom stereocenters. The van der Waals surface area contributed by atoms with E-state index in [4.69, 9.17) is 16.7 Å². The summed E-state index contributed by atoms with van der Waals surface area (Å²) in [5.74, 6) is 0.0106. The van der Waals surface area contributed by atoms with Crippen LogP contribution >= 0.6 is 11.6 Å². The minimum atomic E-state index is -4.95. The predicted octanol–water partition coefficient (Wildman–Crippen LogP) is 2.40. The lowest BCUT2D eigenvalue weighted by Crippen LogP contribution is -2.37. The summed E-state index contributed by atoms with van der Waals surface area (Å²) in [7, 11) is 0. The van der Waals surface area contributed by atoms with Crippen molar-refractivity contribution in [1.29, 1.82) is 0 Å². The van der Waals surface area contributed by atoms with Gasteiger partial charge in [-0.3, -0.25) is 9.88 Å². The monoisotopic (exact) mass is 524 g/mol. The minimum Gasteiger partial charge on any atom is -0.465 e. The van der Waals surface area contributed by atoms with E-state index in [1.54, 1.807) is 0 Å². The number of rotatable bonds is 7. The maximum atomic E-state index is 13.0. The molecule has 4 rings (SSSR count). The Morgan fingerprint density at radius 3 is 2.53 bits per heavy atom. The Bertz CT molecular complexity index is 1450. The summed E-state index contributed by atoms with van der Waals surface area (Å²) in [5, 5.41) is 29.4. The van der Waals surface area contributed by atoms with Crippen LogP contribution in [0.5, 0.6) is 0 Å². The van der Waals surface area contributed by atoms with E-state index in [0.717, 1.165) is 9.36 Å². The zero-order valence-corrected chi connectivity index (χ0v) is 18.7. The van der Waals surface area contributed by atoms with Gasteiger partial charge in [-0.05, 0) is 36.4 Å². The van der Waals surface area contributed by atoms with Gasteiger partial charge in [0.2, 0.25) is 0 Å². The number of amides is 1. The number of anilines is 1. The van der Waals surface area contributed by atoms with E-state index in [1.165, 1.54) is 48.9 Å². The zero-order chi connectivity index (χ0) is 26.0. The molecule has 16 heteroatoms. The van der Waals surface area contributed by atoms with Gasteiger partial charge >= 0.3 is 18.0 Å². The number of hydrogen-bond acceptors (Lipinski definition) is 7. The fourth-order valence-corrected chi connectivity index (χ4v) is 3.32. The zero-order valence-electron chi connectivity index (χ0n) is 18.0. The largest absolute Gasteiger partial charge is 0.465 e. The van der Waals surface area contributed by atoms with Crippen molar-refractivity contribution in [2.75, 3.05) is 5.32 Å². The molecule has 0 radical (unpaired) electrons. The highest BCUT2D eigenvalue weighted by Gasteiger charge is 2.39. The Hall–Kier alpha value is -4.24. The van der Waals surface area contributed by atoms with Crippen molar-refractivity contribution in [3.63, 3.8) is 0 Å². The number of alkyl halides is 3. The standard InChI is InChI=1S/C20H16ClF3N8O4/c21-12-5-3-11(4-6-12)16-29-31(19(36)30(16)8-14(33)20(22,23)24)9-15-26-10-32(28-15)17-13(27-18(34)35)2-1-7-25-17/h1-7,10,14,27,33H,8-9H2,(H,34,35). The van der Waals surface area contributed by atoms with Gasteiger partial charge in [0.15, 0.2) is 23.6 Å². The summed E-state index contributed by atoms with van der Waals surface area (Å²) < 4.78 is 41.7. The summed E-state index contributed by atoms with van der Waals surface area (Å²) in [4.78, 5) is 32.1. The fraction of sp³-hybridized carbons (Fsp3) is 0.200. The van der Waals surface area contributed by atoms with Crippen LogP contribution in [0.1, 0.15) is 5.82 Å². The van der Waals surface area contributed by atoms with E-state index in [2.05, 4.69) is 25.5 Å². The van der Waals surface area contributed by atoms with Crippen molar-refractivity contribution >= 4 is 23.4 Å². The van der Waals surface area contributed by atoms with Gasteiger partial charge in [0.05, 0.1) is 12.2 Å². The van der Waals surface area contributed by atoms with Crippen LogP contribution in [0.2, 0.25) is 5.02 Å². The summed E-state index contributed by atoms with van der Waals surface area (Å²) >= 11 is 5.87. The SMILES string of the molecule is O=C(O)Nc1cccnc1-n1cnc(Cn2nc(-c3ccc(Cl)cc3)n(CC(O)C(F)(F)F)c2=O)n1. The third-order valence-corrected chi connectivity index (χ3v) is 5.09. The van der Waals surface area contributed by atoms with Crippen LogP contribution in [0.4, 0.5) is 23.7 Å². The number of hydrogen-bond donors (Lipinski definition) is 3. The second-order valence-corrected chi connectivity index (χ2v) is 7.79. The number of aliphatic hydroxyl groups is 1. The van der Waals surface area contributed by atoms with Crippen molar-refractivity contribution in [1.82, 2.24) is 34.1 Å². The molecule has 36 heavy (non-hydrogen) atoms. The fourth-order valence-electron chi connectivity index (χ4n) is 3.20. The first-order valence-corrected chi connectivity index (χ1v) is 10.4. The molecule has 3 heterocycles. The molecule has 0 fully saturated rings. The molecule has 0 aliphatic rings. The Kier molecular flexibility index (Phi) is 6.76. The van der Waals surface area contributed by atoms with Crippen LogP contribution in [-0.2, 0) is 13.1 Å². The molecule has 0 aliphatic heterocycles. The second kappa shape index (κ2) is 9.79. The summed E-state index contributed by atoms with van der Waals surface area (Å²) in [6.45, 7) is -1.42. The molecule has 3 N–H and O–H groups in total. The molecule has 1 amide bonds. The van der Waals surface area contributed by atoms with Crippen LogP contribution in [-0.4, -0.2) is 62.7 Å². The molecule has 1 atom stereocenters. The summed E-state index contributed by atoms with van der Waals surface area (Å²) in [5.41, 5.74) is -0.527. The number of carboxylic acid groups (broad SMARTS) is 1. The van der Waals surface area contributed by atoms with Gasteiger partial charge in [-0.2, -0.15) is 13.2 Å². The number of aliphatic hydroxyl groups excluding tert-OH is 1. The Labute approximate surface area is 204 Å². The third kappa shape index (κ3) is 5.36. The number of halogens is 4. The lowest BCUT2D eigenvalue weighted by atomic mass is 10.2. The third-order valence-electron chi connectivity index (χ3n) is 4.83. The average molecular weight is 525 g/mol. The van der Waals surface area contributed by atoms with Crippen LogP contribution in [0.25, 0.3) is 17.2 Å². The van der Waals surface area contributed by atoms with Crippen LogP contribution in [0.3, 0.4) is 0 Å². The lowest BCUT2D eigenvalue weighted by molar-refractivity contribution is -0.207. The normalized spacial score (nSPS) is 12.5. The molecular weight excluding hydrogens is 509 g/mol. The van der Waals surface area contributed by atoms with Crippen molar-refractivity contribution < 1.29 is 28.2 Å². The maximum Gasteiger partial charge on any atom is 0.416 e. The molecule has 0 spiro atoms. The van der Waals surface area contributed by atoms with Crippen LogP contribution in [0.15, 0.2) is 53.7 Å². The van der Waals surface area contributed by atoms with Gasteiger partial charge in [-0.15, -0.1) is 10.2 Å². The highest BCUT2D eigenvalue weighted by Crippen LogP contribution is 2.24. The highest BCUT2D eigenvalue weighted by molar-refractivity contribution is 6.30. The number of nitrogens with one attached hydrogen (secondary N) is 1. The molecule has 0 aliphatic carbocycles. The quantitative estimate of drug-likeness (QED) is 0.333. The Balaban J connectivity index is 1.69. The number of aromatic nitrogens is 7. The first-order chi connectivity index (χ1) is 17.0. The van der Waals surface area contributed by atoms with Crippen molar-refractivity contribution in [3.8, 4) is 17.2 Å². The number of pyridine rings is 1. The second-order valence-electron chi connectivity index (χ2n) is 7.35. The van der Waals surface area contributed by atoms with Gasteiger partial charge in [0, 0.05) is 16.8 Å². The predicted molar refractivity (Wildman–Crippen MR) is 119 cm³/mol. The number of nitrogens with zero attached hydrogens (tertiary/aromatic N) is 7. The van der Waals surface area contributed by atoms with E-state index >= 15 is 0 Å².